The van der Waals surface area contributed by atoms with Gasteiger partial charge in [0.15, 0.2) is 0 Å². The van der Waals surface area contributed by atoms with Crippen molar-refractivity contribution in [2.45, 2.75) is 25.7 Å². The van der Waals surface area contributed by atoms with Crippen molar-refractivity contribution < 1.29 is 13.6 Å². The molecule has 0 fully saturated rings. The molecule has 0 bridgehead atoms. The molecular weight excluding hydrogens is 383 g/mol. The second-order valence-electron chi connectivity index (χ2n) is 5.91. The number of benzene rings is 1. The Morgan fingerprint density at radius 1 is 1.35 bits per heavy atom. The van der Waals surface area contributed by atoms with Crippen LogP contribution in [0.2, 0.25) is 0 Å². The summed E-state index contributed by atoms with van der Waals surface area (Å²) < 4.78 is 27.4. The maximum Gasteiger partial charge on any atom is 0.282 e. The van der Waals surface area contributed by atoms with Crippen molar-refractivity contribution >= 4 is 40.4 Å². The third-order valence-corrected chi connectivity index (χ3v) is 4.35. The average molecular weight is 398 g/mol. The number of nitrogens with one attached hydrogen (secondary N) is 1. The van der Waals surface area contributed by atoms with Gasteiger partial charge in [0.05, 0.1) is 5.56 Å². The Morgan fingerprint density at radius 2 is 2.12 bits per heavy atom. The summed E-state index contributed by atoms with van der Waals surface area (Å²) in [6, 6.07) is 5.42. The number of fused-ring (bicyclic) bond motifs is 1. The van der Waals surface area contributed by atoms with Crippen molar-refractivity contribution in [3.63, 3.8) is 0 Å². The molecule has 0 saturated carbocycles. The highest BCUT2D eigenvalue weighted by Crippen LogP contribution is 2.35. The van der Waals surface area contributed by atoms with Crippen LogP contribution in [0.25, 0.3) is 5.57 Å². The van der Waals surface area contributed by atoms with Crippen LogP contribution in [0.5, 0.6) is 0 Å². The normalized spacial score (nSPS) is 13.4. The van der Waals surface area contributed by atoms with E-state index in [0.29, 0.717) is 5.69 Å². The van der Waals surface area contributed by atoms with Gasteiger partial charge in [-0.15, -0.1) is 0 Å². The molecule has 1 heterocycles. The lowest BCUT2D eigenvalue weighted by atomic mass is 9.87. The number of carbonyl (C=O) groups excluding carboxylic acids is 1. The number of nitrogens with zero attached hydrogens (tertiary/aromatic N) is 2. The van der Waals surface area contributed by atoms with Crippen LogP contribution >= 0.6 is 23.2 Å². The first-order valence-corrected chi connectivity index (χ1v) is 8.68. The summed E-state index contributed by atoms with van der Waals surface area (Å²) >= 11 is 11.5. The molecule has 8 heteroatoms. The summed E-state index contributed by atoms with van der Waals surface area (Å²) in [5.74, 6) is -0.621. The molecule has 0 spiro atoms. The summed E-state index contributed by atoms with van der Waals surface area (Å²) in [6.07, 6.45) is 0.815. The first-order valence-electron chi connectivity index (χ1n) is 7.93. The van der Waals surface area contributed by atoms with Crippen molar-refractivity contribution in [3.05, 3.63) is 57.0 Å². The highest BCUT2D eigenvalue weighted by Gasteiger charge is 2.24. The fourth-order valence-corrected chi connectivity index (χ4v) is 3.34. The van der Waals surface area contributed by atoms with Crippen LogP contribution in [0.3, 0.4) is 0 Å². The van der Waals surface area contributed by atoms with Crippen LogP contribution in [0.1, 0.15) is 46.4 Å². The van der Waals surface area contributed by atoms with Gasteiger partial charge in [-0.3, -0.25) is 9.48 Å². The molecule has 1 aromatic carbocycles. The van der Waals surface area contributed by atoms with Crippen LogP contribution in [0, 0.1) is 0 Å². The van der Waals surface area contributed by atoms with Gasteiger partial charge < -0.3 is 5.32 Å². The number of carbonyl (C=O) groups is 1. The van der Waals surface area contributed by atoms with Gasteiger partial charge in [0, 0.05) is 24.5 Å². The lowest BCUT2D eigenvalue weighted by Crippen LogP contribution is -2.16. The molecular formula is C18H15Cl2F2N3O. The fourth-order valence-electron chi connectivity index (χ4n) is 3.11. The van der Waals surface area contributed by atoms with Gasteiger partial charge in [0.1, 0.15) is 10.2 Å². The Balaban J connectivity index is 1.98. The molecule has 4 nitrogen and oxygen atoms in total. The van der Waals surface area contributed by atoms with Crippen molar-refractivity contribution in [1.82, 2.24) is 9.78 Å². The topological polar surface area (TPSA) is 46.9 Å². The van der Waals surface area contributed by atoms with E-state index in [1.807, 2.05) is 6.07 Å². The number of aromatic nitrogens is 2. The average Bonchev–Trinajstić information content (AvgIpc) is 2.97. The minimum absolute atomic E-state index is 0.0409. The molecule has 0 radical (unpaired) electrons. The number of amides is 1. The number of halogens is 4. The van der Waals surface area contributed by atoms with E-state index in [0.717, 1.165) is 36.0 Å². The van der Waals surface area contributed by atoms with Gasteiger partial charge in [0.2, 0.25) is 0 Å². The SMILES string of the molecule is Cn1cc(C(=O)Nc2cccc3c2CCCC3=C=C(Cl)Cl)c(C(F)F)n1. The monoisotopic (exact) mass is 397 g/mol. The van der Waals surface area contributed by atoms with Crippen LogP contribution < -0.4 is 5.32 Å². The highest BCUT2D eigenvalue weighted by molar-refractivity contribution is 6.55. The van der Waals surface area contributed by atoms with E-state index >= 15 is 0 Å². The Kier molecular flexibility index (Phi) is 5.47. The Morgan fingerprint density at radius 3 is 2.81 bits per heavy atom. The van der Waals surface area contributed by atoms with Crippen LogP contribution in [0.4, 0.5) is 14.5 Å². The van der Waals surface area contributed by atoms with E-state index in [1.54, 1.807) is 12.1 Å². The third kappa shape index (κ3) is 3.83. The first kappa shape index (κ1) is 18.6. The van der Waals surface area contributed by atoms with Gasteiger partial charge in [-0.2, -0.15) is 5.10 Å². The summed E-state index contributed by atoms with van der Waals surface area (Å²) in [6.45, 7) is 0. The fraction of sp³-hybridized carbons (Fsp3) is 0.278. The molecule has 1 aliphatic rings. The lowest BCUT2D eigenvalue weighted by Gasteiger charge is -2.21. The molecule has 1 aromatic heterocycles. The number of hydrogen-bond acceptors (Lipinski definition) is 2. The summed E-state index contributed by atoms with van der Waals surface area (Å²) in [5, 5.41) is 6.39. The predicted molar refractivity (Wildman–Crippen MR) is 97.6 cm³/mol. The van der Waals surface area contributed by atoms with Crippen molar-refractivity contribution in [2.75, 3.05) is 5.32 Å². The summed E-state index contributed by atoms with van der Waals surface area (Å²) in [7, 11) is 1.49. The molecule has 0 saturated heterocycles. The van der Waals surface area contributed by atoms with Gasteiger partial charge in [-0.1, -0.05) is 41.1 Å². The summed E-state index contributed by atoms with van der Waals surface area (Å²) in [5.41, 5.74) is 5.47. The minimum Gasteiger partial charge on any atom is -0.322 e. The molecule has 1 N–H and O–H groups in total. The minimum atomic E-state index is -2.83. The molecule has 3 rings (SSSR count). The second-order valence-corrected chi connectivity index (χ2v) is 6.86. The number of rotatable bonds is 3. The molecule has 136 valence electrons. The smallest absolute Gasteiger partial charge is 0.282 e. The molecule has 1 aliphatic carbocycles. The van der Waals surface area contributed by atoms with Gasteiger partial charge in [0.25, 0.3) is 12.3 Å². The zero-order valence-corrected chi connectivity index (χ0v) is 15.3. The number of aryl methyl sites for hydroxylation is 1. The van der Waals surface area contributed by atoms with E-state index in [-0.39, 0.29) is 10.1 Å². The maximum atomic E-state index is 13.1. The highest BCUT2D eigenvalue weighted by atomic mass is 35.5. The van der Waals surface area contributed by atoms with Gasteiger partial charge in [-0.25, -0.2) is 8.78 Å². The largest absolute Gasteiger partial charge is 0.322 e. The maximum absolute atomic E-state index is 13.1. The number of alkyl halides is 2. The summed E-state index contributed by atoms with van der Waals surface area (Å²) in [4.78, 5) is 12.5. The van der Waals surface area contributed by atoms with Crippen molar-refractivity contribution in [2.24, 2.45) is 7.05 Å². The molecule has 1 amide bonds. The van der Waals surface area contributed by atoms with E-state index < -0.39 is 18.0 Å². The zero-order chi connectivity index (χ0) is 18.8. The quantitative estimate of drug-likeness (QED) is 0.719. The Hall–Kier alpha value is -2.14. The first-order chi connectivity index (χ1) is 12.4. The van der Waals surface area contributed by atoms with Crippen LogP contribution in [-0.4, -0.2) is 15.7 Å². The number of hydrogen-bond donors (Lipinski definition) is 1. The van der Waals surface area contributed by atoms with Crippen molar-refractivity contribution in [1.29, 1.82) is 0 Å². The van der Waals surface area contributed by atoms with E-state index in [1.165, 1.54) is 17.9 Å². The van der Waals surface area contributed by atoms with E-state index in [4.69, 9.17) is 23.2 Å². The van der Waals surface area contributed by atoms with Gasteiger partial charge in [-0.05, 0) is 36.5 Å². The second kappa shape index (κ2) is 7.62. The standard InChI is InChI=1S/C18H15Cl2F2N3O/c1-25-9-13(16(24-25)17(21)22)18(26)23-14-7-3-5-11-10(8-15(19)20)4-2-6-12(11)14/h3,5,7,9,17H,2,4,6H2,1H3,(H,23,26). The van der Waals surface area contributed by atoms with E-state index in [2.05, 4.69) is 16.1 Å². The predicted octanol–water partition coefficient (Wildman–Crippen LogP) is 5.25. The molecule has 0 atom stereocenters. The molecule has 26 heavy (non-hydrogen) atoms. The zero-order valence-electron chi connectivity index (χ0n) is 13.8. The molecule has 2 aromatic rings. The molecule has 0 unspecified atom stereocenters. The molecule has 0 aliphatic heterocycles. The van der Waals surface area contributed by atoms with Gasteiger partial charge >= 0.3 is 0 Å². The number of anilines is 1. The van der Waals surface area contributed by atoms with Crippen LogP contribution in [0.15, 0.2) is 34.6 Å². The van der Waals surface area contributed by atoms with Crippen molar-refractivity contribution in [3.8, 4) is 0 Å². The lowest BCUT2D eigenvalue weighted by molar-refractivity contribution is 0.101. The Bertz CT molecular complexity index is 927. The Labute approximate surface area is 159 Å². The number of allylic oxidation sites excluding steroid dienone is 1. The van der Waals surface area contributed by atoms with Crippen LogP contribution in [-0.2, 0) is 13.5 Å². The third-order valence-electron chi connectivity index (χ3n) is 4.16. The van der Waals surface area contributed by atoms with E-state index in [9.17, 15) is 13.6 Å².